The van der Waals surface area contributed by atoms with Crippen LogP contribution in [0.5, 0.6) is 0 Å². The molecule has 29 heavy (non-hydrogen) atoms. The van der Waals surface area contributed by atoms with E-state index in [0.29, 0.717) is 17.3 Å². The van der Waals surface area contributed by atoms with Crippen molar-refractivity contribution in [3.8, 4) is 6.07 Å². The third-order valence-electron chi connectivity index (χ3n) is 4.41. The maximum Gasteiger partial charge on any atom is 0.146 e. The minimum absolute atomic E-state index is 0.421. The van der Waals surface area contributed by atoms with Gasteiger partial charge in [-0.05, 0) is 48.7 Å². The molecule has 3 rings (SSSR count). The number of benzene rings is 2. The Morgan fingerprint density at radius 2 is 1.62 bits per heavy atom. The maximum atomic E-state index is 8.81. The lowest BCUT2D eigenvalue weighted by Crippen LogP contribution is -2.23. The fourth-order valence-corrected chi connectivity index (χ4v) is 2.71. The number of hydrogen-bond acceptors (Lipinski definition) is 5. The van der Waals surface area contributed by atoms with Gasteiger partial charge in [-0.2, -0.15) is 5.26 Å². The number of nitrogens with one attached hydrogen (secondary N) is 2. The van der Waals surface area contributed by atoms with Crippen LogP contribution >= 0.6 is 0 Å². The minimum atomic E-state index is 0.421. The van der Waals surface area contributed by atoms with Crippen LogP contribution in [0.1, 0.15) is 30.4 Å². The number of rotatable bonds is 8. The van der Waals surface area contributed by atoms with Gasteiger partial charge in [-0.1, -0.05) is 55.5 Å². The topological polar surface area (TPSA) is 86.8 Å². The smallest absolute Gasteiger partial charge is 0.146 e. The fourth-order valence-electron chi connectivity index (χ4n) is 2.71. The van der Waals surface area contributed by atoms with Crippen LogP contribution in [0.25, 0.3) is 0 Å². The van der Waals surface area contributed by atoms with Crippen LogP contribution in [-0.4, -0.2) is 24.6 Å². The van der Waals surface area contributed by atoms with E-state index in [1.54, 1.807) is 6.20 Å². The van der Waals surface area contributed by atoms with Crippen molar-refractivity contribution in [3.63, 3.8) is 0 Å². The molecule has 0 aliphatic carbocycles. The first-order chi connectivity index (χ1) is 14.2. The highest BCUT2D eigenvalue weighted by Gasteiger charge is 2.05. The summed E-state index contributed by atoms with van der Waals surface area (Å²) < 4.78 is 0. The second kappa shape index (κ2) is 12.9. The number of hydrogen-bond donors (Lipinski definition) is 3. The van der Waals surface area contributed by atoms with Gasteiger partial charge in [0.25, 0.3) is 0 Å². The van der Waals surface area contributed by atoms with Gasteiger partial charge in [0.15, 0.2) is 0 Å². The van der Waals surface area contributed by atoms with Crippen LogP contribution in [-0.2, 0) is 0 Å². The van der Waals surface area contributed by atoms with Crippen molar-refractivity contribution in [3.05, 3.63) is 90.1 Å². The van der Waals surface area contributed by atoms with Gasteiger partial charge >= 0.3 is 0 Å². The van der Waals surface area contributed by atoms with Gasteiger partial charge < -0.3 is 16.4 Å². The summed E-state index contributed by atoms with van der Waals surface area (Å²) in [5.74, 6) is 0.958. The summed E-state index contributed by atoms with van der Waals surface area (Å²) in [5.41, 5.74) is 8.62. The number of pyridine rings is 1. The molecular weight excluding hydrogens is 358 g/mol. The molecule has 1 unspecified atom stereocenters. The molecule has 4 N–H and O–H groups in total. The van der Waals surface area contributed by atoms with E-state index < -0.39 is 0 Å². The van der Waals surface area contributed by atoms with E-state index in [4.69, 9.17) is 11.0 Å². The van der Waals surface area contributed by atoms with Crippen molar-refractivity contribution in [2.45, 2.75) is 19.3 Å². The van der Waals surface area contributed by atoms with Gasteiger partial charge in [0.05, 0.1) is 17.3 Å². The standard InChI is InChI=1S/C18H23N5.C6H6/c1-14(16-7-5-15(12-19)6-8-16)13-21-9-3-11-22-17-4-2-10-23-18(17)20;1-2-4-6-5-3-1/h2,4-8,10,14,21-22H,3,9,11,13H2,1H3,(H2,20,23);1-6H. The lowest BCUT2D eigenvalue weighted by molar-refractivity contribution is 0.603. The highest BCUT2D eigenvalue weighted by molar-refractivity contribution is 5.60. The summed E-state index contributed by atoms with van der Waals surface area (Å²) >= 11 is 0. The van der Waals surface area contributed by atoms with Crippen LogP contribution in [0.3, 0.4) is 0 Å². The summed E-state index contributed by atoms with van der Waals surface area (Å²) in [7, 11) is 0. The van der Waals surface area contributed by atoms with Crippen LogP contribution in [0.4, 0.5) is 11.5 Å². The zero-order valence-electron chi connectivity index (χ0n) is 16.9. The largest absolute Gasteiger partial charge is 0.382 e. The third-order valence-corrected chi connectivity index (χ3v) is 4.41. The summed E-state index contributed by atoms with van der Waals surface area (Å²) in [5, 5.41) is 15.6. The molecule has 5 nitrogen and oxygen atoms in total. The molecule has 0 amide bonds. The normalized spacial score (nSPS) is 10.9. The zero-order valence-corrected chi connectivity index (χ0v) is 16.9. The quantitative estimate of drug-likeness (QED) is 0.498. The van der Waals surface area contributed by atoms with E-state index in [9.17, 15) is 0 Å². The molecule has 3 aromatic rings. The molecule has 0 aliphatic heterocycles. The van der Waals surface area contributed by atoms with Gasteiger partial charge in [-0.3, -0.25) is 0 Å². The summed E-state index contributed by atoms with van der Waals surface area (Å²) in [6.45, 7) is 4.89. The molecule has 1 aromatic heterocycles. The Morgan fingerprint density at radius 1 is 0.966 bits per heavy atom. The van der Waals surface area contributed by atoms with Crippen LogP contribution in [0, 0.1) is 11.3 Å². The molecule has 0 aliphatic rings. The highest BCUT2D eigenvalue weighted by Crippen LogP contribution is 2.15. The first-order valence-corrected chi connectivity index (χ1v) is 9.86. The van der Waals surface area contributed by atoms with E-state index in [1.807, 2.05) is 72.8 Å². The second-order valence-electron chi connectivity index (χ2n) is 6.71. The molecule has 0 spiro atoms. The van der Waals surface area contributed by atoms with E-state index in [0.717, 1.165) is 31.7 Å². The van der Waals surface area contributed by atoms with Gasteiger partial charge in [-0.25, -0.2) is 4.98 Å². The van der Waals surface area contributed by atoms with Gasteiger partial charge in [0.2, 0.25) is 0 Å². The Balaban J connectivity index is 0.000000426. The van der Waals surface area contributed by atoms with Crippen LogP contribution in [0.2, 0.25) is 0 Å². The number of nitrogens with two attached hydrogens (primary N) is 1. The van der Waals surface area contributed by atoms with Gasteiger partial charge in [0.1, 0.15) is 5.82 Å². The Labute approximate surface area is 173 Å². The highest BCUT2D eigenvalue weighted by atomic mass is 15.0. The predicted molar refractivity (Wildman–Crippen MR) is 121 cm³/mol. The van der Waals surface area contributed by atoms with Crippen molar-refractivity contribution in [1.29, 1.82) is 5.26 Å². The molecule has 2 aromatic carbocycles. The molecular formula is C24H29N5. The minimum Gasteiger partial charge on any atom is -0.382 e. The first-order valence-electron chi connectivity index (χ1n) is 9.86. The van der Waals surface area contributed by atoms with E-state index in [-0.39, 0.29) is 0 Å². The number of nitriles is 1. The monoisotopic (exact) mass is 387 g/mol. The average molecular weight is 388 g/mol. The number of nitrogens with zero attached hydrogens (tertiary/aromatic N) is 2. The van der Waals surface area contributed by atoms with E-state index >= 15 is 0 Å². The van der Waals surface area contributed by atoms with Crippen LogP contribution in [0.15, 0.2) is 79.0 Å². The SMILES string of the molecule is CC(CNCCCNc1cccnc1N)c1ccc(C#N)cc1.c1ccccc1. The van der Waals surface area contributed by atoms with Crippen molar-refractivity contribution >= 4 is 11.5 Å². The Morgan fingerprint density at radius 3 is 2.21 bits per heavy atom. The number of nitrogen functional groups attached to an aromatic ring is 1. The molecule has 0 saturated carbocycles. The predicted octanol–water partition coefficient (Wildman–Crippen LogP) is 4.42. The third kappa shape index (κ3) is 8.46. The Kier molecular flexibility index (Phi) is 9.78. The Bertz CT molecular complexity index is 830. The van der Waals surface area contributed by atoms with Crippen molar-refractivity contribution < 1.29 is 0 Å². The molecule has 1 heterocycles. The van der Waals surface area contributed by atoms with E-state index in [1.165, 1.54) is 5.56 Å². The molecule has 150 valence electrons. The second-order valence-corrected chi connectivity index (χ2v) is 6.71. The molecule has 0 radical (unpaired) electrons. The molecule has 0 fully saturated rings. The van der Waals surface area contributed by atoms with Crippen molar-refractivity contribution in [1.82, 2.24) is 10.3 Å². The van der Waals surface area contributed by atoms with E-state index in [2.05, 4.69) is 28.6 Å². The lowest BCUT2D eigenvalue weighted by atomic mass is 10.00. The van der Waals surface area contributed by atoms with Gasteiger partial charge in [0, 0.05) is 19.3 Å². The number of anilines is 2. The Hall–Kier alpha value is -3.36. The molecule has 0 bridgehead atoms. The summed E-state index contributed by atoms with van der Waals surface area (Å²) in [6.07, 6.45) is 2.70. The summed E-state index contributed by atoms with van der Waals surface area (Å²) in [4.78, 5) is 4.04. The van der Waals surface area contributed by atoms with Crippen molar-refractivity contribution in [2.24, 2.45) is 0 Å². The molecule has 5 heteroatoms. The van der Waals surface area contributed by atoms with Crippen LogP contribution < -0.4 is 16.4 Å². The fraction of sp³-hybridized carbons (Fsp3) is 0.250. The maximum absolute atomic E-state index is 8.81. The lowest BCUT2D eigenvalue weighted by Gasteiger charge is -2.13. The van der Waals surface area contributed by atoms with Gasteiger partial charge in [-0.15, -0.1) is 0 Å². The molecule has 1 atom stereocenters. The van der Waals surface area contributed by atoms with Crippen molar-refractivity contribution in [2.75, 3.05) is 30.7 Å². The average Bonchev–Trinajstić information content (AvgIpc) is 2.79. The zero-order chi connectivity index (χ0) is 20.7. The summed E-state index contributed by atoms with van der Waals surface area (Å²) in [6, 6.07) is 25.7. The number of aromatic nitrogens is 1. The molecule has 0 saturated heterocycles. The first kappa shape index (κ1) is 21.9.